The third kappa shape index (κ3) is 2.72. The molecule has 0 fully saturated rings. The molecular weight excluding hydrogens is 180 g/mol. The number of benzene rings is 1. The molecule has 0 amide bonds. The molecule has 0 bridgehead atoms. The lowest BCUT2D eigenvalue weighted by molar-refractivity contribution is 0.132. The van der Waals surface area contributed by atoms with E-state index in [-0.39, 0.29) is 6.61 Å². The average molecular weight is 196 g/mol. The standard InChI is InChI=1S/C11H16O3/c1-3-14-8-10-6-9(7-12)4-5-11(10)13-2/h4-6,12H,3,7-8H2,1-2H3. The Kier molecular flexibility index (Phi) is 4.43. The molecule has 0 aliphatic rings. The Bertz CT molecular complexity index is 284. The Morgan fingerprint density at radius 2 is 2.14 bits per heavy atom. The molecule has 1 rings (SSSR count). The molecule has 0 unspecified atom stereocenters. The van der Waals surface area contributed by atoms with Gasteiger partial charge in [-0.15, -0.1) is 0 Å². The van der Waals surface area contributed by atoms with Gasteiger partial charge in [0.15, 0.2) is 0 Å². The molecule has 0 aromatic heterocycles. The zero-order valence-electron chi connectivity index (χ0n) is 8.62. The van der Waals surface area contributed by atoms with Crippen molar-refractivity contribution in [3.05, 3.63) is 29.3 Å². The Hall–Kier alpha value is -1.06. The normalized spacial score (nSPS) is 10.2. The van der Waals surface area contributed by atoms with Crippen molar-refractivity contribution < 1.29 is 14.6 Å². The number of aliphatic hydroxyl groups is 1. The molecule has 0 aliphatic heterocycles. The lowest BCUT2D eigenvalue weighted by Gasteiger charge is -2.09. The highest BCUT2D eigenvalue weighted by atomic mass is 16.5. The first-order valence-corrected chi connectivity index (χ1v) is 4.66. The molecule has 0 heterocycles. The molecule has 0 aliphatic carbocycles. The van der Waals surface area contributed by atoms with Crippen molar-refractivity contribution in [2.75, 3.05) is 13.7 Å². The van der Waals surface area contributed by atoms with Crippen LogP contribution in [0.15, 0.2) is 18.2 Å². The number of rotatable bonds is 5. The number of aliphatic hydroxyl groups excluding tert-OH is 1. The topological polar surface area (TPSA) is 38.7 Å². The zero-order chi connectivity index (χ0) is 10.4. The van der Waals surface area contributed by atoms with Crippen molar-refractivity contribution in [2.24, 2.45) is 0 Å². The van der Waals surface area contributed by atoms with E-state index in [4.69, 9.17) is 14.6 Å². The van der Waals surface area contributed by atoms with Gasteiger partial charge in [-0.25, -0.2) is 0 Å². The van der Waals surface area contributed by atoms with Crippen molar-refractivity contribution in [3.63, 3.8) is 0 Å². The van der Waals surface area contributed by atoms with E-state index in [1.165, 1.54) is 0 Å². The van der Waals surface area contributed by atoms with Gasteiger partial charge in [0, 0.05) is 12.2 Å². The van der Waals surface area contributed by atoms with Crippen molar-refractivity contribution in [1.82, 2.24) is 0 Å². The molecule has 3 nitrogen and oxygen atoms in total. The third-order valence-electron chi connectivity index (χ3n) is 1.99. The number of hydrogen-bond donors (Lipinski definition) is 1. The van der Waals surface area contributed by atoms with Crippen molar-refractivity contribution in [1.29, 1.82) is 0 Å². The van der Waals surface area contributed by atoms with E-state index in [1.807, 2.05) is 25.1 Å². The fraction of sp³-hybridized carbons (Fsp3) is 0.455. The van der Waals surface area contributed by atoms with Gasteiger partial charge in [0.1, 0.15) is 5.75 Å². The van der Waals surface area contributed by atoms with E-state index >= 15 is 0 Å². The van der Waals surface area contributed by atoms with E-state index in [2.05, 4.69) is 0 Å². The van der Waals surface area contributed by atoms with Crippen molar-refractivity contribution >= 4 is 0 Å². The highest BCUT2D eigenvalue weighted by Gasteiger charge is 2.03. The Morgan fingerprint density at radius 1 is 1.36 bits per heavy atom. The first kappa shape index (κ1) is 11.0. The minimum absolute atomic E-state index is 0.0448. The second-order valence-electron chi connectivity index (χ2n) is 2.94. The maximum atomic E-state index is 8.97. The lowest BCUT2D eigenvalue weighted by atomic mass is 10.1. The smallest absolute Gasteiger partial charge is 0.124 e. The SMILES string of the molecule is CCOCc1cc(CO)ccc1OC. The van der Waals surface area contributed by atoms with Crippen molar-refractivity contribution in [2.45, 2.75) is 20.1 Å². The maximum absolute atomic E-state index is 8.97. The van der Waals surface area contributed by atoms with Crippen LogP contribution >= 0.6 is 0 Å². The van der Waals surface area contributed by atoms with Crippen molar-refractivity contribution in [3.8, 4) is 5.75 Å². The summed E-state index contributed by atoms with van der Waals surface area (Å²) in [5.74, 6) is 0.802. The van der Waals surface area contributed by atoms with Crippen LogP contribution in [0.3, 0.4) is 0 Å². The van der Waals surface area contributed by atoms with Crippen LogP contribution in [0.2, 0.25) is 0 Å². The highest BCUT2D eigenvalue weighted by Crippen LogP contribution is 2.20. The summed E-state index contributed by atoms with van der Waals surface area (Å²) in [7, 11) is 1.63. The van der Waals surface area contributed by atoms with Crippen LogP contribution in [0, 0.1) is 0 Å². The lowest BCUT2D eigenvalue weighted by Crippen LogP contribution is -1.97. The fourth-order valence-corrected chi connectivity index (χ4v) is 1.26. The molecule has 1 aromatic rings. The third-order valence-corrected chi connectivity index (χ3v) is 1.99. The molecule has 0 radical (unpaired) electrons. The predicted octanol–water partition coefficient (Wildman–Crippen LogP) is 1.72. The second-order valence-corrected chi connectivity index (χ2v) is 2.94. The quantitative estimate of drug-likeness (QED) is 0.779. The van der Waals surface area contributed by atoms with Gasteiger partial charge in [-0.2, -0.15) is 0 Å². The molecular formula is C11H16O3. The van der Waals surface area contributed by atoms with Crippen LogP contribution < -0.4 is 4.74 Å². The van der Waals surface area contributed by atoms with Gasteiger partial charge in [0.05, 0.1) is 20.3 Å². The van der Waals surface area contributed by atoms with Gasteiger partial charge >= 0.3 is 0 Å². The molecule has 0 atom stereocenters. The van der Waals surface area contributed by atoms with Gasteiger partial charge in [-0.1, -0.05) is 6.07 Å². The molecule has 1 N–H and O–H groups in total. The summed E-state index contributed by atoms with van der Waals surface area (Å²) in [6.45, 7) is 3.19. The van der Waals surface area contributed by atoms with Crippen LogP contribution in [0.1, 0.15) is 18.1 Å². The summed E-state index contributed by atoms with van der Waals surface area (Å²) < 4.78 is 10.5. The van der Waals surface area contributed by atoms with E-state index in [9.17, 15) is 0 Å². The van der Waals surface area contributed by atoms with Crippen LogP contribution in [0.4, 0.5) is 0 Å². The van der Waals surface area contributed by atoms with Gasteiger partial charge in [-0.05, 0) is 24.6 Å². The van der Waals surface area contributed by atoms with Gasteiger partial charge in [-0.3, -0.25) is 0 Å². The van der Waals surface area contributed by atoms with E-state index in [0.29, 0.717) is 13.2 Å². The summed E-state index contributed by atoms with van der Waals surface area (Å²) in [5, 5.41) is 8.97. The first-order valence-electron chi connectivity index (χ1n) is 4.66. The number of ether oxygens (including phenoxy) is 2. The van der Waals surface area contributed by atoms with Crippen LogP contribution in [-0.2, 0) is 18.0 Å². The van der Waals surface area contributed by atoms with Crippen LogP contribution in [0.5, 0.6) is 5.75 Å². The monoisotopic (exact) mass is 196 g/mol. The molecule has 0 spiro atoms. The van der Waals surface area contributed by atoms with Crippen LogP contribution in [0.25, 0.3) is 0 Å². The molecule has 14 heavy (non-hydrogen) atoms. The summed E-state index contributed by atoms with van der Waals surface area (Å²) in [5.41, 5.74) is 1.85. The molecule has 3 heteroatoms. The maximum Gasteiger partial charge on any atom is 0.124 e. The zero-order valence-corrected chi connectivity index (χ0v) is 8.62. The van der Waals surface area contributed by atoms with Crippen LogP contribution in [-0.4, -0.2) is 18.8 Å². The average Bonchev–Trinajstić information content (AvgIpc) is 2.25. The number of hydrogen-bond acceptors (Lipinski definition) is 3. The highest BCUT2D eigenvalue weighted by molar-refractivity contribution is 5.36. The molecule has 0 saturated heterocycles. The van der Waals surface area contributed by atoms with Gasteiger partial charge in [0.2, 0.25) is 0 Å². The summed E-state index contributed by atoms with van der Waals surface area (Å²) >= 11 is 0. The Balaban J connectivity index is 2.84. The summed E-state index contributed by atoms with van der Waals surface area (Å²) in [4.78, 5) is 0. The fourth-order valence-electron chi connectivity index (χ4n) is 1.26. The molecule has 1 aromatic carbocycles. The minimum atomic E-state index is 0.0448. The van der Waals surface area contributed by atoms with E-state index in [0.717, 1.165) is 16.9 Å². The Labute approximate surface area is 84.3 Å². The summed E-state index contributed by atoms with van der Waals surface area (Å²) in [6, 6.07) is 5.59. The number of methoxy groups -OCH3 is 1. The van der Waals surface area contributed by atoms with Gasteiger partial charge in [0.25, 0.3) is 0 Å². The first-order chi connectivity index (χ1) is 6.81. The minimum Gasteiger partial charge on any atom is -0.496 e. The van der Waals surface area contributed by atoms with E-state index < -0.39 is 0 Å². The predicted molar refractivity (Wildman–Crippen MR) is 54.2 cm³/mol. The second kappa shape index (κ2) is 5.62. The summed E-state index contributed by atoms with van der Waals surface area (Å²) in [6.07, 6.45) is 0. The largest absolute Gasteiger partial charge is 0.496 e. The molecule has 78 valence electrons. The molecule has 0 saturated carbocycles. The van der Waals surface area contributed by atoms with E-state index in [1.54, 1.807) is 7.11 Å². The Morgan fingerprint density at radius 3 is 2.71 bits per heavy atom. The van der Waals surface area contributed by atoms with Gasteiger partial charge < -0.3 is 14.6 Å².